The number of hydrogen-bond acceptors (Lipinski definition) is 4. The number of phenolic OH excluding ortho intramolecular Hbond substituents is 1. The van der Waals surface area contributed by atoms with Crippen LogP contribution in [0.4, 0.5) is 0 Å². The van der Waals surface area contributed by atoms with Gasteiger partial charge in [0.1, 0.15) is 11.5 Å². The lowest BCUT2D eigenvalue weighted by Gasteiger charge is -2.32. The molecule has 112 valence electrons. The smallest absolute Gasteiger partial charge is 0.123 e. The number of rotatable bonds is 6. The average Bonchev–Trinajstić information content (AvgIpc) is 2.94. The van der Waals surface area contributed by atoms with Crippen LogP contribution in [0.15, 0.2) is 18.2 Å². The zero-order valence-corrected chi connectivity index (χ0v) is 12.5. The van der Waals surface area contributed by atoms with Crippen molar-refractivity contribution in [3.05, 3.63) is 23.8 Å². The summed E-state index contributed by atoms with van der Waals surface area (Å²) in [6.45, 7) is 4.68. The standard InChI is InChI=1S/C16H26N2O2/c1-3-18(15-6-4-5-12(15)10-17)11-13-7-8-14(20-2)9-16(13)19/h7-9,12,15,19H,3-6,10-11,17H2,1-2H3. The van der Waals surface area contributed by atoms with Crippen molar-refractivity contribution in [3.8, 4) is 11.5 Å². The maximum atomic E-state index is 10.1. The Bertz CT molecular complexity index is 436. The Kier molecular flexibility index (Phi) is 5.26. The summed E-state index contributed by atoms with van der Waals surface area (Å²) < 4.78 is 5.13. The molecule has 2 unspecified atom stereocenters. The van der Waals surface area contributed by atoms with Gasteiger partial charge in [-0.05, 0) is 37.9 Å². The van der Waals surface area contributed by atoms with Crippen molar-refractivity contribution in [3.63, 3.8) is 0 Å². The quantitative estimate of drug-likeness (QED) is 0.838. The molecule has 0 aromatic heterocycles. The van der Waals surface area contributed by atoms with Crippen LogP contribution >= 0.6 is 0 Å². The number of benzene rings is 1. The third kappa shape index (κ3) is 3.25. The van der Waals surface area contributed by atoms with Gasteiger partial charge in [0.25, 0.3) is 0 Å². The maximum absolute atomic E-state index is 10.1. The fourth-order valence-corrected chi connectivity index (χ4v) is 3.26. The highest BCUT2D eigenvalue weighted by Crippen LogP contribution is 2.32. The predicted octanol–water partition coefficient (Wildman–Crippen LogP) is 2.35. The number of methoxy groups -OCH3 is 1. The van der Waals surface area contributed by atoms with Crippen LogP contribution in [0.1, 0.15) is 31.7 Å². The molecule has 2 rings (SSSR count). The topological polar surface area (TPSA) is 58.7 Å². The monoisotopic (exact) mass is 278 g/mol. The SMILES string of the molecule is CCN(Cc1ccc(OC)cc1O)C1CCCC1CN. The van der Waals surface area contributed by atoms with Gasteiger partial charge in [-0.2, -0.15) is 0 Å². The summed E-state index contributed by atoms with van der Waals surface area (Å²) in [6.07, 6.45) is 3.70. The molecule has 1 aromatic rings. The van der Waals surface area contributed by atoms with E-state index in [4.69, 9.17) is 10.5 Å². The van der Waals surface area contributed by atoms with Gasteiger partial charge >= 0.3 is 0 Å². The lowest BCUT2D eigenvalue weighted by Crippen LogP contribution is -2.39. The summed E-state index contributed by atoms with van der Waals surface area (Å²) in [5, 5.41) is 10.1. The van der Waals surface area contributed by atoms with Gasteiger partial charge in [0.05, 0.1) is 7.11 Å². The van der Waals surface area contributed by atoms with E-state index >= 15 is 0 Å². The van der Waals surface area contributed by atoms with Crippen LogP contribution < -0.4 is 10.5 Å². The minimum Gasteiger partial charge on any atom is -0.507 e. The molecule has 1 fully saturated rings. The molecule has 1 aliphatic rings. The van der Waals surface area contributed by atoms with Crippen LogP contribution in [0.2, 0.25) is 0 Å². The minimum absolute atomic E-state index is 0.310. The number of aromatic hydroxyl groups is 1. The molecule has 4 nitrogen and oxygen atoms in total. The lowest BCUT2D eigenvalue weighted by molar-refractivity contribution is 0.160. The van der Waals surface area contributed by atoms with Crippen molar-refractivity contribution in [1.82, 2.24) is 4.90 Å². The van der Waals surface area contributed by atoms with E-state index in [-0.39, 0.29) is 0 Å². The Morgan fingerprint density at radius 2 is 2.20 bits per heavy atom. The van der Waals surface area contributed by atoms with Gasteiger partial charge in [0.15, 0.2) is 0 Å². The molecule has 0 heterocycles. The second-order valence-electron chi connectivity index (χ2n) is 5.55. The summed E-state index contributed by atoms with van der Waals surface area (Å²) >= 11 is 0. The number of hydrogen-bond donors (Lipinski definition) is 2. The third-order valence-corrected chi connectivity index (χ3v) is 4.46. The van der Waals surface area contributed by atoms with E-state index in [0.29, 0.717) is 23.5 Å². The zero-order chi connectivity index (χ0) is 14.5. The Morgan fingerprint density at radius 3 is 2.80 bits per heavy atom. The van der Waals surface area contributed by atoms with E-state index < -0.39 is 0 Å². The molecule has 0 amide bonds. The Labute approximate surface area is 121 Å². The molecular formula is C16H26N2O2. The van der Waals surface area contributed by atoms with Gasteiger partial charge in [-0.3, -0.25) is 4.90 Å². The second-order valence-corrected chi connectivity index (χ2v) is 5.55. The van der Waals surface area contributed by atoms with Crippen molar-refractivity contribution in [2.24, 2.45) is 11.7 Å². The first kappa shape index (κ1) is 15.1. The summed E-state index contributed by atoms with van der Waals surface area (Å²) in [6, 6.07) is 6.07. The summed E-state index contributed by atoms with van der Waals surface area (Å²) in [5.41, 5.74) is 6.84. The Hall–Kier alpha value is -1.26. The molecule has 0 bridgehead atoms. The first-order valence-corrected chi connectivity index (χ1v) is 7.49. The fraction of sp³-hybridized carbons (Fsp3) is 0.625. The highest BCUT2D eigenvalue weighted by molar-refractivity contribution is 5.39. The second kappa shape index (κ2) is 6.95. The molecule has 0 radical (unpaired) electrons. The molecule has 0 spiro atoms. The molecule has 1 aromatic carbocycles. The molecule has 0 aliphatic heterocycles. The molecule has 1 saturated carbocycles. The highest BCUT2D eigenvalue weighted by atomic mass is 16.5. The van der Waals surface area contributed by atoms with Crippen molar-refractivity contribution < 1.29 is 9.84 Å². The van der Waals surface area contributed by atoms with Crippen molar-refractivity contribution in [1.29, 1.82) is 0 Å². The van der Waals surface area contributed by atoms with Gasteiger partial charge in [-0.1, -0.05) is 19.4 Å². The van der Waals surface area contributed by atoms with Gasteiger partial charge in [-0.25, -0.2) is 0 Å². The summed E-state index contributed by atoms with van der Waals surface area (Å²) in [7, 11) is 1.61. The predicted molar refractivity (Wildman–Crippen MR) is 80.9 cm³/mol. The summed E-state index contributed by atoms with van der Waals surface area (Å²) in [5.74, 6) is 1.59. The minimum atomic E-state index is 0.310. The normalized spacial score (nSPS) is 22.4. The van der Waals surface area contributed by atoms with Crippen LogP contribution in [-0.4, -0.2) is 36.2 Å². The zero-order valence-electron chi connectivity index (χ0n) is 12.5. The molecule has 4 heteroatoms. The molecule has 0 saturated heterocycles. The van der Waals surface area contributed by atoms with Crippen LogP contribution in [0, 0.1) is 5.92 Å². The maximum Gasteiger partial charge on any atom is 0.123 e. The van der Waals surface area contributed by atoms with E-state index in [1.165, 1.54) is 19.3 Å². The van der Waals surface area contributed by atoms with Crippen molar-refractivity contribution in [2.45, 2.75) is 38.8 Å². The summed E-state index contributed by atoms with van der Waals surface area (Å²) in [4.78, 5) is 2.44. The van der Waals surface area contributed by atoms with Gasteiger partial charge in [0.2, 0.25) is 0 Å². The van der Waals surface area contributed by atoms with Gasteiger partial charge in [-0.15, -0.1) is 0 Å². The molecule has 2 atom stereocenters. The number of phenols is 1. The van der Waals surface area contributed by atoms with Gasteiger partial charge < -0.3 is 15.6 Å². The lowest BCUT2D eigenvalue weighted by atomic mass is 10.0. The number of nitrogens with zero attached hydrogens (tertiary/aromatic N) is 1. The van der Waals surface area contributed by atoms with E-state index in [1.54, 1.807) is 13.2 Å². The number of ether oxygens (including phenoxy) is 1. The van der Waals surface area contributed by atoms with Crippen LogP contribution in [0.25, 0.3) is 0 Å². The number of nitrogens with two attached hydrogens (primary N) is 1. The first-order valence-electron chi connectivity index (χ1n) is 7.49. The molecule has 3 N–H and O–H groups in total. The average molecular weight is 278 g/mol. The highest BCUT2D eigenvalue weighted by Gasteiger charge is 2.30. The van der Waals surface area contributed by atoms with E-state index in [1.807, 2.05) is 12.1 Å². The third-order valence-electron chi connectivity index (χ3n) is 4.46. The largest absolute Gasteiger partial charge is 0.507 e. The molecule has 1 aliphatic carbocycles. The van der Waals surface area contributed by atoms with E-state index in [0.717, 1.165) is 25.2 Å². The van der Waals surface area contributed by atoms with Crippen LogP contribution in [0.5, 0.6) is 11.5 Å². The fourth-order valence-electron chi connectivity index (χ4n) is 3.26. The van der Waals surface area contributed by atoms with Crippen LogP contribution in [0.3, 0.4) is 0 Å². The molecule has 20 heavy (non-hydrogen) atoms. The van der Waals surface area contributed by atoms with Crippen molar-refractivity contribution >= 4 is 0 Å². The van der Waals surface area contributed by atoms with Gasteiger partial charge in [0, 0.05) is 24.2 Å². The van der Waals surface area contributed by atoms with E-state index in [2.05, 4.69) is 11.8 Å². The molecular weight excluding hydrogens is 252 g/mol. The first-order chi connectivity index (χ1) is 9.69. The van der Waals surface area contributed by atoms with Crippen molar-refractivity contribution in [2.75, 3.05) is 20.2 Å². The Morgan fingerprint density at radius 1 is 1.40 bits per heavy atom. The Balaban J connectivity index is 2.10. The van der Waals surface area contributed by atoms with Crippen LogP contribution in [-0.2, 0) is 6.54 Å². The van der Waals surface area contributed by atoms with E-state index in [9.17, 15) is 5.11 Å².